The summed E-state index contributed by atoms with van der Waals surface area (Å²) in [6.07, 6.45) is 0. The number of carbonyl (C=O) groups excluding carboxylic acids is 3. The van der Waals surface area contributed by atoms with Gasteiger partial charge in [-0.1, -0.05) is 30.3 Å². The standard InChI is InChI=1S/C24H20N2O6S/c1-15-6-5-7-18(12-15)25-33(30,31)21-13-17(11-10-16(21)2)24(29)32-14-26-22(27)19-8-3-4-9-20(19)23(26)28/h3-13,25H,14H2,1-2H3. The number of amides is 2. The number of nitrogens with zero attached hydrogens (tertiary/aromatic N) is 1. The van der Waals surface area contributed by atoms with E-state index in [4.69, 9.17) is 4.74 Å². The van der Waals surface area contributed by atoms with Crippen LogP contribution in [0.2, 0.25) is 0 Å². The zero-order valence-electron chi connectivity index (χ0n) is 17.9. The molecule has 0 saturated heterocycles. The van der Waals surface area contributed by atoms with Crippen LogP contribution in [0.1, 0.15) is 42.2 Å². The van der Waals surface area contributed by atoms with E-state index < -0.39 is 34.5 Å². The maximum Gasteiger partial charge on any atom is 0.339 e. The van der Waals surface area contributed by atoms with E-state index in [1.54, 1.807) is 37.3 Å². The summed E-state index contributed by atoms with van der Waals surface area (Å²) < 4.78 is 33.5. The smallest absolute Gasteiger partial charge is 0.339 e. The first-order chi connectivity index (χ1) is 15.7. The first kappa shape index (κ1) is 22.2. The summed E-state index contributed by atoms with van der Waals surface area (Å²) in [5.74, 6) is -1.98. The lowest BCUT2D eigenvalue weighted by molar-refractivity contribution is 0.0228. The molecule has 8 nitrogen and oxygen atoms in total. The molecule has 4 rings (SSSR count). The van der Waals surface area contributed by atoms with Gasteiger partial charge in [-0.2, -0.15) is 0 Å². The molecule has 0 unspecified atom stereocenters. The number of rotatable bonds is 6. The molecule has 168 valence electrons. The summed E-state index contributed by atoms with van der Waals surface area (Å²) in [5, 5.41) is 0. The molecule has 0 aliphatic carbocycles. The zero-order chi connectivity index (χ0) is 23.8. The van der Waals surface area contributed by atoms with Gasteiger partial charge in [0.2, 0.25) is 0 Å². The van der Waals surface area contributed by atoms with Gasteiger partial charge in [-0.05, 0) is 61.4 Å². The van der Waals surface area contributed by atoms with Crippen molar-refractivity contribution < 1.29 is 27.5 Å². The minimum absolute atomic E-state index is 0.0261. The molecule has 33 heavy (non-hydrogen) atoms. The van der Waals surface area contributed by atoms with Crippen molar-refractivity contribution in [3.05, 3.63) is 94.5 Å². The highest BCUT2D eigenvalue weighted by atomic mass is 32.2. The zero-order valence-corrected chi connectivity index (χ0v) is 18.7. The van der Waals surface area contributed by atoms with Crippen LogP contribution in [0.4, 0.5) is 5.69 Å². The molecule has 1 aliphatic rings. The van der Waals surface area contributed by atoms with Crippen LogP contribution < -0.4 is 4.72 Å². The predicted molar refractivity (Wildman–Crippen MR) is 120 cm³/mol. The van der Waals surface area contributed by atoms with Gasteiger partial charge in [-0.25, -0.2) is 18.1 Å². The Morgan fingerprint density at radius 2 is 1.58 bits per heavy atom. The Hall–Kier alpha value is -3.98. The van der Waals surface area contributed by atoms with Crippen molar-refractivity contribution in [3.63, 3.8) is 0 Å². The molecule has 0 aromatic heterocycles. The average Bonchev–Trinajstić information content (AvgIpc) is 3.02. The fourth-order valence-corrected chi connectivity index (χ4v) is 4.82. The Bertz CT molecular complexity index is 1360. The number of nitrogens with one attached hydrogen (secondary N) is 1. The van der Waals surface area contributed by atoms with E-state index in [9.17, 15) is 22.8 Å². The molecule has 0 radical (unpaired) electrons. The van der Waals surface area contributed by atoms with Crippen molar-refractivity contribution in [1.29, 1.82) is 0 Å². The number of ether oxygens (including phenoxy) is 1. The monoisotopic (exact) mass is 464 g/mol. The SMILES string of the molecule is Cc1cccc(NS(=O)(=O)c2cc(C(=O)OCN3C(=O)c4ccccc4C3=O)ccc2C)c1. The second-order valence-electron chi connectivity index (χ2n) is 7.60. The number of carbonyl (C=O) groups is 3. The van der Waals surface area contributed by atoms with Crippen molar-refractivity contribution in [2.24, 2.45) is 0 Å². The van der Waals surface area contributed by atoms with Crippen molar-refractivity contribution in [2.45, 2.75) is 18.7 Å². The van der Waals surface area contributed by atoms with Crippen LogP contribution in [-0.2, 0) is 14.8 Å². The van der Waals surface area contributed by atoms with Crippen molar-refractivity contribution >= 4 is 33.5 Å². The minimum Gasteiger partial charge on any atom is -0.440 e. The van der Waals surface area contributed by atoms with Gasteiger partial charge in [0.1, 0.15) is 0 Å². The Labute approximate surface area is 190 Å². The van der Waals surface area contributed by atoms with Crippen LogP contribution in [0.25, 0.3) is 0 Å². The molecule has 1 N–H and O–H groups in total. The highest BCUT2D eigenvalue weighted by Gasteiger charge is 2.36. The maximum atomic E-state index is 12.9. The number of hydrogen-bond acceptors (Lipinski definition) is 6. The normalized spacial score (nSPS) is 13.1. The number of hydrogen-bond donors (Lipinski definition) is 1. The van der Waals surface area contributed by atoms with Crippen LogP contribution in [0.5, 0.6) is 0 Å². The Morgan fingerprint density at radius 1 is 0.909 bits per heavy atom. The molecule has 9 heteroatoms. The third-order valence-corrected chi connectivity index (χ3v) is 6.71. The summed E-state index contributed by atoms with van der Waals surface area (Å²) >= 11 is 0. The van der Waals surface area contributed by atoms with E-state index in [2.05, 4.69) is 4.72 Å². The average molecular weight is 464 g/mol. The molecule has 2 amide bonds. The van der Waals surface area contributed by atoms with Crippen LogP contribution in [0.3, 0.4) is 0 Å². The van der Waals surface area contributed by atoms with E-state index in [1.807, 2.05) is 13.0 Å². The number of imide groups is 1. The second kappa shape index (κ2) is 8.51. The first-order valence-electron chi connectivity index (χ1n) is 10.00. The molecule has 0 fully saturated rings. The number of anilines is 1. The number of aryl methyl sites for hydroxylation is 2. The van der Waals surface area contributed by atoms with Crippen molar-refractivity contribution in [2.75, 3.05) is 11.5 Å². The van der Waals surface area contributed by atoms with Crippen LogP contribution in [0.15, 0.2) is 71.6 Å². The minimum atomic E-state index is -3.98. The van der Waals surface area contributed by atoms with Gasteiger partial charge in [0, 0.05) is 5.69 Å². The van der Waals surface area contributed by atoms with Gasteiger partial charge >= 0.3 is 5.97 Å². The summed E-state index contributed by atoms with van der Waals surface area (Å²) in [6.45, 7) is 2.87. The van der Waals surface area contributed by atoms with Crippen LogP contribution >= 0.6 is 0 Å². The first-order valence-corrected chi connectivity index (χ1v) is 11.5. The van der Waals surface area contributed by atoms with Gasteiger partial charge in [0.25, 0.3) is 21.8 Å². The van der Waals surface area contributed by atoms with Gasteiger partial charge in [0.05, 0.1) is 21.6 Å². The topological polar surface area (TPSA) is 110 Å². The van der Waals surface area contributed by atoms with E-state index in [0.29, 0.717) is 11.3 Å². The lowest BCUT2D eigenvalue weighted by atomic mass is 10.1. The summed E-state index contributed by atoms with van der Waals surface area (Å²) in [6, 6.07) is 17.3. The van der Waals surface area contributed by atoms with E-state index in [1.165, 1.54) is 30.3 Å². The third-order valence-electron chi connectivity index (χ3n) is 5.19. The maximum absolute atomic E-state index is 12.9. The Balaban J connectivity index is 1.51. The Kier molecular flexibility index (Phi) is 5.73. The van der Waals surface area contributed by atoms with Crippen molar-refractivity contribution in [3.8, 4) is 0 Å². The molecular formula is C24H20N2O6S. The molecule has 0 spiro atoms. The second-order valence-corrected chi connectivity index (χ2v) is 9.25. The number of sulfonamides is 1. The summed E-state index contributed by atoms with van der Waals surface area (Å²) in [7, 11) is -3.98. The van der Waals surface area contributed by atoms with E-state index in [0.717, 1.165) is 10.5 Å². The van der Waals surface area contributed by atoms with Gasteiger partial charge in [0.15, 0.2) is 6.73 Å². The molecule has 3 aromatic carbocycles. The molecule has 3 aromatic rings. The number of esters is 1. The summed E-state index contributed by atoms with van der Waals surface area (Å²) in [5.41, 5.74) is 2.17. The lowest BCUT2D eigenvalue weighted by Crippen LogP contribution is -2.33. The molecule has 0 saturated carbocycles. The largest absolute Gasteiger partial charge is 0.440 e. The molecule has 0 bridgehead atoms. The molecule has 1 aliphatic heterocycles. The third kappa shape index (κ3) is 4.35. The highest BCUT2D eigenvalue weighted by Crippen LogP contribution is 2.24. The predicted octanol–water partition coefficient (Wildman–Crippen LogP) is 3.51. The number of benzene rings is 3. The van der Waals surface area contributed by atoms with Gasteiger partial charge < -0.3 is 4.74 Å². The van der Waals surface area contributed by atoms with Crippen LogP contribution in [-0.4, -0.2) is 37.8 Å². The fraction of sp³-hybridized carbons (Fsp3) is 0.125. The Morgan fingerprint density at radius 3 is 2.21 bits per heavy atom. The molecular weight excluding hydrogens is 444 g/mol. The van der Waals surface area contributed by atoms with Gasteiger partial charge in [-0.3, -0.25) is 14.3 Å². The van der Waals surface area contributed by atoms with Gasteiger partial charge in [-0.15, -0.1) is 0 Å². The van der Waals surface area contributed by atoms with Crippen molar-refractivity contribution in [1.82, 2.24) is 4.90 Å². The molecule has 1 heterocycles. The van der Waals surface area contributed by atoms with Crippen LogP contribution in [0, 0.1) is 13.8 Å². The summed E-state index contributed by atoms with van der Waals surface area (Å²) in [4.78, 5) is 38.2. The molecule has 0 atom stereocenters. The van der Waals surface area contributed by atoms with E-state index >= 15 is 0 Å². The lowest BCUT2D eigenvalue weighted by Gasteiger charge is -2.15. The van der Waals surface area contributed by atoms with E-state index in [-0.39, 0.29) is 21.6 Å². The fourth-order valence-electron chi connectivity index (χ4n) is 3.50. The highest BCUT2D eigenvalue weighted by molar-refractivity contribution is 7.92. The number of fused-ring (bicyclic) bond motifs is 1. The quantitative estimate of drug-likeness (QED) is 0.442.